The highest BCUT2D eigenvalue weighted by Crippen LogP contribution is 2.27. The molecule has 100 valence electrons. The number of nitrogens with zero attached hydrogens (tertiary/aromatic N) is 1. The normalized spacial score (nSPS) is 10.3. The van der Waals surface area contributed by atoms with Gasteiger partial charge in [-0.1, -0.05) is 6.07 Å². The minimum absolute atomic E-state index is 0.618. The van der Waals surface area contributed by atoms with Crippen LogP contribution in [-0.2, 0) is 6.54 Å². The van der Waals surface area contributed by atoms with Gasteiger partial charge in [0.25, 0.3) is 0 Å². The summed E-state index contributed by atoms with van der Waals surface area (Å²) < 4.78 is 10.3. The van der Waals surface area contributed by atoms with E-state index in [-0.39, 0.29) is 0 Å². The van der Waals surface area contributed by atoms with Crippen LogP contribution in [0, 0.1) is 0 Å². The molecule has 0 spiro atoms. The van der Waals surface area contributed by atoms with E-state index in [2.05, 4.69) is 16.4 Å². The van der Waals surface area contributed by atoms with E-state index in [1.807, 2.05) is 37.5 Å². The Morgan fingerprint density at radius 3 is 2.53 bits per heavy atom. The van der Waals surface area contributed by atoms with Crippen molar-refractivity contribution in [2.24, 2.45) is 0 Å². The molecule has 0 fully saturated rings. The van der Waals surface area contributed by atoms with Crippen LogP contribution in [0.4, 0.5) is 0 Å². The Bertz CT molecular complexity index is 538. The molecule has 2 aromatic rings. The van der Waals surface area contributed by atoms with Crippen LogP contribution in [0.1, 0.15) is 5.56 Å². The lowest BCUT2D eigenvalue weighted by atomic mass is 10.0. The molecule has 0 saturated carbocycles. The highest BCUT2D eigenvalue weighted by Gasteiger charge is 2.07. The van der Waals surface area contributed by atoms with Gasteiger partial charge in [0.05, 0.1) is 14.2 Å². The molecular formula is C15H18N2O2. The van der Waals surface area contributed by atoms with Gasteiger partial charge in [-0.2, -0.15) is 0 Å². The number of methoxy groups -OCH3 is 2. The second-order valence-electron chi connectivity index (χ2n) is 4.14. The maximum Gasteiger partial charge on any atom is 0.212 e. The molecule has 0 saturated heterocycles. The highest BCUT2D eigenvalue weighted by molar-refractivity contribution is 5.68. The quantitative estimate of drug-likeness (QED) is 0.894. The third-order valence-corrected chi connectivity index (χ3v) is 2.94. The van der Waals surface area contributed by atoms with Crippen LogP contribution in [0.25, 0.3) is 11.1 Å². The van der Waals surface area contributed by atoms with Gasteiger partial charge in [-0.05, 0) is 36.4 Å². The van der Waals surface area contributed by atoms with Crippen molar-refractivity contribution < 1.29 is 9.47 Å². The van der Waals surface area contributed by atoms with Gasteiger partial charge in [-0.25, -0.2) is 4.98 Å². The molecule has 0 aliphatic heterocycles. The molecule has 0 bridgehead atoms. The van der Waals surface area contributed by atoms with Crippen molar-refractivity contribution in [1.82, 2.24) is 10.3 Å². The number of nitrogens with one attached hydrogen (secondary N) is 1. The molecule has 0 aliphatic carbocycles. The predicted molar refractivity (Wildman–Crippen MR) is 75.5 cm³/mol. The highest BCUT2D eigenvalue weighted by atomic mass is 16.5. The molecule has 2 rings (SSSR count). The van der Waals surface area contributed by atoms with Crippen molar-refractivity contribution in [3.63, 3.8) is 0 Å². The monoisotopic (exact) mass is 258 g/mol. The van der Waals surface area contributed by atoms with Gasteiger partial charge < -0.3 is 14.8 Å². The van der Waals surface area contributed by atoms with E-state index in [9.17, 15) is 0 Å². The molecular weight excluding hydrogens is 240 g/mol. The summed E-state index contributed by atoms with van der Waals surface area (Å²) in [6, 6.07) is 9.92. The van der Waals surface area contributed by atoms with Crippen molar-refractivity contribution in [2.45, 2.75) is 6.54 Å². The van der Waals surface area contributed by atoms with Gasteiger partial charge in [0, 0.05) is 24.4 Å². The summed E-state index contributed by atoms with van der Waals surface area (Å²) in [5.74, 6) is 1.47. The third-order valence-electron chi connectivity index (χ3n) is 2.94. The smallest absolute Gasteiger partial charge is 0.212 e. The molecule has 1 heterocycles. The molecule has 1 aromatic carbocycles. The van der Waals surface area contributed by atoms with E-state index >= 15 is 0 Å². The van der Waals surface area contributed by atoms with E-state index in [1.54, 1.807) is 14.2 Å². The van der Waals surface area contributed by atoms with Crippen LogP contribution in [0.3, 0.4) is 0 Å². The predicted octanol–water partition coefficient (Wildman–Crippen LogP) is 2.49. The van der Waals surface area contributed by atoms with Crippen molar-refractivity contribution in [1.29, 1.82) is 0 Å². The minimum atomic E-state index is 0.618. The topological polar surface area (TPSA) is 43.4 Å². The molecule has 0 amide bonds. The molecule has 1 N–H and O–H groups in total. The van der Waals surface area contributed by atoms with E-state index in [0.717, 1.165) is 23.4 Å². The first kappa shape index (κ1) is 13.4. The fourth-order valence-electron chi connectivity index (χ4n) is 1.98. The zero-order chi connectivity index (χ0) is 13.7. The van der Waals surface area contributed by atoms with Crippen LogP contribution in [0.5, 0.6) is 11.6 Å². The Morgan fingerprint density at radius 2 is 1.95 bits per heavy atom. The lowest BCUT2D eigenvalue weighted by molar-refractivity contribution is 0.398. The number of benzene rings is 1. The van der Waals surface area contributed by atoms with E-state index < -0.39 is 0 Å². The van der Waals surface area contributed by atoms with Crippen LogP contribution < -0.4 is 14.8 Å². The molecule has 19 heavy (non-hydrogen) atoms. The minimum Gasteiger partial charge on any atom is -0.497 e. The zero-order valence-electron chi connectivity index (χ0n) is 11.4. The number of rotatable bonds is 5. The van der Waals surface area contributed by atoms with Gasteiger partial charge in [0.15, 0.2) is 0 Å². The first-order valence-electron chi connectivity index (χ1n) is 6.10. The molecule has 4 heteroatoms. The van der Waals surface area contributed by atoms with Gasteiger partial charge in [0.2, 0.25) is 5.88 Å². The standard InChI is InChI=1S/C15H18N2O2/c1-16-9-12-8-13(18-2)5-6-14(12)11-4-7-15(19-3)17-10-11/h4-8,10,16H,9H2,1-3H3. The first-order valence-corrected chi connectivity index (χ1v) is 6.10. The van der Waals surface area contributed by atoms with Crippen LogP contribution >= 0.6 is 0 Å². The summed E-state index contributed by atoms with van der Waals surface area (Å²) in [5, 5.41) is 3.17. The molecule has 1 aromatic heterocycles. The molecule has 0 aliphatic rings. The van der Waals surface area contributed by atoms with Crippen LogP contribution in [0.15, 0.2) is 36.5 Å². The van der Waals surface area contributed by atoms with Crippen molar-refractivity contribution in [3.05, 3.63) is 42.1 Å². The van der Waals surface area contributed by atoms with Gasteiger partial charge in [-0.15, -0.1) is 0 Å². The molecule has 0 unspecified atom stereocenters. The summed E-state index contributed by atoms with van der Waals surface area (Å²) in [6.07, 6.45) is 1.82. The molecule has 0 atom stereocenters. The summed E-state index contributed by atoms with van der Waals surface area (Å²) >= 11 is 0. The van der Waals surface area contributed by atoms with E-state index in [0.29, 0.717) is 5.88 Å². The summed E-state index contributed by atoms with van der Waals surface area (Å²) in [4.78, 5) is 4.24. The van der Waals surface area contributed by atoms with E-state index in [1.165, 1.54) is 5.56 Å². The summed E-state index contributed by atoms with van der Waals surface area (Å²) in [6.45, 7) is 0.776. The fourth-order valence-corrected chi connectivity index (χ4v) is 1.98. The second-order valence-corrected chi connectivity index (χ2v) is 4.14. The third kappa shape index (κ3) is 3.03. The Balaban J connectivity index is 2.41. The van der Waals surface area contributed by atoms with E-state index in [4.69, 9.17) is 9.47 Å². The van der Waals surface area contributed by atoms with Crippen LogP contribution in [0.2, 0.25) is 0 Å². The first-order chi connectivity index (χ1) is 9.28. The largest absolute Gasteiger partial charge is 0.497 e. The number of hydrogen-bond donors (Lipinski definition) is 1. The van der Waals surface area contributed by atoms with Crippen molar-refractivity contribution in [2.75, 3.05) is 21.3 Å². The Morgan fingerprint density at radius 1 is 1.11 bits per heavy atom. The fraction of sp³-hybridized carbons (Fsp3) is 0.267. The van der Waals surface area contributed by atoms with Gasteiger partial charge >= 0.3 is 0 Å². The van der Waals surface area contributed by atoms with Gasteiger partial charge in [-0.3, -0.25) is 0 Å². The number of hydrogen-bond acceptors (Lipinski definition) is 4. The summed E-state index contributed by atoms with van der Waals surface area (Å²) in [5.41, 5.74) is 3.38. The average molecular weight is 258 g/mol. The average Bonchev–Trinajstić information content (AvgIpc) is 2.47. The van der Waals surface area contributed by atoms with Crippen LogP contribution in [-0.4, -0.2) is 26.3 Å². The Hall–Kier alpha value is -2.07. The second kappa shape index (κ2) is 6.20. The molecule has 0 radical (unpaired) electrons. The number of ether oxygens (including phenoxy) is 2. The van der Waals surface area contributed by atoms with Crippen molar-refractivity contribution in [3.8, 4) is 22.8 Å². The van der Waals surface area contributed by atoms with Crippen molar-refractivity contribution >= 4 is 0 Å². The lowest BCUT2D eigenvalue weighted by Crippen LogP contribution is -2.06. The SMILES string of the molecule is CNCc1cc(OC)ccc1-c1ccc(OC)nc1. The zero-order valence-corrected chi connectivity index (χ0v) is 11.4. The maximum atomic E-state index is 5.27. The lowest BCUT2D eigenvalue weighted by Gasteiger charge is -2.11. The molecule has 4 nitrogen and oxygen atoms in total. The summed E-state index contributed by atoms with van der Waals surface area (Å²) in [7, 11) is 5.21. The van der Waals surface area contributed by atoms with Gasteiger partial charge in [0.1, 0.15) is 5.75 Å². The Kier molecular flexibility index (Phi) is 4.36. The Labute approximate surface area is 113 Å². The maximum absolute atomic E-state index is 5.27. The number of pyridine rings is 1. The number of aromatic nitrogens is 1.